The number of halogens is 1. The van der Waals surface area contributed by atoms with Gasteiger partial charge >= 0.3 is 5.97 Å². The highest BCUT2D eigenvalue weighted by Gasteiger charge is 2.45. The predicted octanol–water partition coefficient (Wildman–Crippen LogP) is 7.17. The Kier molecular flexibility index (Phi) is 6.97. The maximum atomic E-state index is 13.0. The van der Waals surface area contributed by atoms with Gasteiger partial charge in [-0.05, 0) is 93.6 Å². The standard InChI is InChI=1S/C30H28BrNO4/c31-25-9-3-4-10-27(25)36-22-13-11-20(12-14-22)17-26(29(34)35)32-28(33)18-21-19-30(15-5-6-16-30)24-8-2-1-7-23(21)24/h1-4,7-14,17,21H,5-6,15-16,18-19H2,(H,32,33)(H,34,35)/b26-17+. The average Bonchev–Trinajstić information content (AvgIpc) is 3.46. The molecule has 2 aliphatic carbocycles. The maximum absolute atomic E-state index is 13.0. The van der Waals surface area contributed by atoms with Crippen LogP contribution in [0.15, 0.2) is 83.0 Å². The molecule has 0 bridgehead atoms. The second-order valence-electron chi connectivity index (χ2n) is 9.69. The van der Waals surface area contributed by atoms with Crippen molar-refractivity contribution in [2.45, 2.75) is 49.9 Å². The van der Waals surface area contributed by atoms with Crippen LogP contribution in [0.3, 0.4) is 0 Å². The summed E-state index contributed by atoms with van der Waals surface area (Å²) in [5.41, 5.74) is 3.34. The summed E-state index contributed by atoms with van der Waals surface area (Å²) in [7, 11) is 0. The molecule has 0 heterocycles. The number of fused-ring (bicyclic) bond motifs is 2. The highest BCUT2D eigenvalue weighted by molar-refractivity contribution is 9.10. The summed E-state index contributed by atoms with van der Waals surface area (Å²) in [5.74, 6) is -0.0145. The SMILES string of the molecule is O=C(CC1CC2(CCCC2)c2ccccc21)N/C(=C/c1ccc(Oc2ccccc2Br)cc1)C(=O)O. The molecule has 184 valence electrons. The van der Waals surface area contributed by atoms with Crippen LogP contribution in [-0.4, -0.2) is 17.0 Å². The Morgan fingerprint density at radius 1 is 1.00 bits per heavy atom. The van der Waals surface area contributed by atoms with Crippen molar-refractivity contribution in [2.75, 3.05) is 0 Å². The number of carbonyl (C=O) groups is 2. The van der Waals surface area contributed by atoms with Crippen molar-refractivity contribution in [3.63, 3.8) is 0 Å². The average molecular weight is 546 g/mol. The van der Waals surface area contributed by atoms with Gasteiger partial charge in [-0.25, -0.2) is 4.79 Å². The Hall–Kier alpha value is -3.38. The van der Waals surface area contributed by atoms with Crippen molar-refractivity contribution in [3.8, 4) is 11.5 Å². The van der Waals surface area contributed by atoms with E-state index in [0.29, 0.717) is 17.1 Å². The fourth-order valence-corrected chi connectivity index (χ4v) is 6.13. The molecule has 0 aromatic heterocycles. The minimum atomic E-state index is -1.17. The molecule has 1 spiro atoms. The van der Waals surface area contributed by atoms with E-state index in [1.807, 2.05) is 30.3 Å². The quantitative estimate of drug-likeness (QED) is 0.308. The Bertz CT molecular complexity index is 1310. The molecule has 6 heteroatoms. The van der Waals surface area contributed by atoms with Gasteiger partial charge in [-0.1, -0.05) is 61.4 Å². The number of nitrogens with one attached hydrogen (secondary N) is 1. The van der Waals surface area contributed by atoms with Gasteiger partial charge < -0.3 is 15.2 Å². The van der Waals surface area contributed by atoms with Crippen molar-refractivity contribution in [1.82, 2.24) is 5.32 Å². The highest BCUT2D eigenvalue weighted by atomic mass is 79.9. The largest absolute Gasteiger partial charge is 0.477 e. The molecular weight excluding hydrogens is 518 g/mol. The van der Waals surface area contributed by atoms with Crippen molar-refractivity contribution in [3.05, 3.63) is 99.7 Å². The van der Waals surface area contributed by atoms with E-state index in [4.69, 9.17) is 4.74 Å². The number of carbonyl (C=O) groups excluding carboxylic acids is 1. The molecule has 1 saturated carbocycles. The summed E-state index contributed by atoms with van der Waals surface area (Å²) in [6, 6.07) is 23.1. The third-order valence-corrected chi connectivity index (χ3v) is 8.02. The Labute approximate surface area is 219 Å². The fraction of sp³-hybridized carbons (Fsp3) is 0.267. The van der Waals surface area contributed by atoms with E-state index in [1.165, 1.54) is 42.9 Å². The van der Waals surface area contributed by atoms with Crippen LogP contribution >= 0.6 is 15.9 Å². The molecule has 1 unspecified atom stereocenters. The van der Waals surface area contributed by atoms with Gasteiger partial charge in [0.15, 0.2) is 0 Å². The summed E-state index contributed by atoms with van der Waals surface area (Å²) >= 11 is 3.46. The zero-order valence-electron chi connectivity index (χ0n) is 19.9. The summed E-state index contributed by atoms with van der Waals surface area (Å²) in [4.78, 5) is 24.9. The molecule has 0 radical (unpaired) electrons. The van der Waals surface area contributed by atoms with Gasteiger partial charge in [-0.2, -0.15) is 0 Å². The van der Waals surface area contributed by atoms with Gasteiger partial charge in [0.05, 0.1) is 4.47 Å². The molecular formula is C30H28BrNO4. The Morgan fingerprint density at radius 3 is 2.42 bits per heavy atom. The number of rotatable bonds is 7. The van der Waals surface area contributed by atoms with Crippen LogP contribution in [0, 0.1) is 0 Å². The topological polar surface area (TPSA) is 75.6 Å². The summed E-state index contributed by atoms with van der Waals surface area (Å²) < 4.78 is 6.71. The second-order valence-corrected chi connectivity index (χ2v) is 10.5. The number of ether oxygens (including phenoxy) is 1. The van der Waals surface area contributed by atoms with E-state index in [0.717, 1.165) is 10.9 Å². The van der Waals surface area contributed by atoms with Crippen LogP contribution in [0.5, 0.6) is 11.5 Å². The number of carboxylic acids is 1. The van der Waals surface area contributed by atoms with Crippen molar-refractivity contribution >= 4 is 33.9 Å². The molecule has 5 nitrogen and oxygen atoms in total. The first-order valence-electron chi connectivity index (χ1n) is 12.3. The number of para-hydroxylation sites is 1. The van der Waals surface area contributed by atoms with Crippen LogP contribution in [0.4, 0.5) is 0 Å². The lowest BCUT2D eigenvalue weighted by atomic mass is 9.79. The highest BCUT2D eigenvalue weighted by Crippen LogP contribution is 2.55. The number of hydrogen-bond donors (Lipinski definition) is 2. The van der Waals surface area contributed by atoms with Gasteiger partial charge in [0.25, 0.3) is 0 Å². The van der Waals surface area contributed by atoms with Crippen LogP contribution in [-0.2, 0) is 15.0 Å². The molecule has 1 amide bonds. The summed E-state index contributed by atoms with van der Waals surface area (Å²) in [5, 5.41) is 12.4. The molecule has 36 heavy (non-hydrogen) atoms. The molecule has 0 aliphatic heterocycles. The maximum Gasteiger partial charge on any atom is 0.352 e. The molecule has 2 aliphatic rings. The van der Waals surface area contributed by atoms with Gasteiger partial charge in [0, 0.05) is 6.42 Å². The number of benzene rings is 3. The third-order valence-electron chi connectivity index (χ3n) is 7.36. The lowest BCUT2D eigenvalue weighted by molar-refractivity contribution is -0.134. The van der Waals surface area contributed by atoms with E-state index in [-0.39, 0.29) is 29.4 Å². The van der Waals surface area contributed by atoms with Crippen molar-refractivity contribution < 1.29 is 19.4 Å². The van der Waals surface area contributed by atoms with E-state index in [9.17, 15) is 14.7 Å². The second kappa shape index (κ2) is 10.3. The van der Waals surface area contributed by atoms with Gasteiger partial charge in [-0.3, -0.25) is 4.79 Å². The van der Waals surface area contributed by atoms with Gasteiger partial charge in [0.2, 0.25) is 5.91 Å². The normalized spacial score (nSPS) is 18.1. The van der Waals surface area contributed by atoms with Crippen molar-refractivity contribution in [1.29, 1.82) is 0 Å². The number of hydrogen-bond acceptors (Lipinski definition) is 3. The first kappa shape index (κ1) is 24.3. The number of aliphatic carboxylic acids is 1. The van der Waals surface area contributed by atoms with E-state index >= 15 is 0 Å². The lowest BCUT2D eigenvalue weighted by Gasteiger charge is -2.24. The predicted molar refractivity (Wildman–Crippen MR) is 143 cm³/mol. The lowest BCUT2D eigenvalue weighted by Crippen LogP contribution is -2.28. The number of amides is 1. The molecule has 1 atom stereocenters. The first-order valence-corrected chi connectivity index (χ1v) is 13.1. The summed E-state index contributed by atoms with van der Waals surface area (Å²) in [6.07, 6.45) is 7.51. The van der Waals surface area contributed by atoms with E-state index in [1.54, 1.807) is 24.3 Å². The van der Waals surface area contributed by atoms with E-state index < -0.39 is 5.97 Å². The molecule has 5 rings (SSSR count). The molecule has 1 fully saturated rings. The van der Waals surface area contributed by atoms with Crippen LogP contribution in [0.1, 0.15) is 61.1 Å². The molecule has 2 N–H and O–H groups in total. The zero-order valence-corrected chi connectivity index (χ0v) is 21.5. The minimum Gasteiger partial charge on any atom is -0.477 e. The Balaban J connectivity index is 1.27. The van der Waals surface area contributed by atoms with Gasteiger partial charge in [0.1, 0.15) is 17.2 Å². The first-order chi connectivity index (χ1) is 17.4. The minimum absolute atomic E-state index is 0.114. The molecule has 3 aromatic carbocycles. The zero-order chi connectivity index (χ0) is 25.1. The summed E-state index contributed by atoms with van der Waals surface area (Å²) in [6.45, 7) is 0. The third kappa shape index (κ3) is 5.09. The molecule has 3 aromatic rings. The molecule has 0 saturated heterocycles. The number of carboxylic acid groups (broad SMARTS) is 1. The smallest absolute Gasteiger partial charge is 0.352 e. The van der Waals surface area contributed by atoms with Crippen LogP contribution in [0.25, 0.3) is 6.08 Å². The van der Waals surface area contributed by atoms with Crippen LogP contribution in [0.2, 0.25) is 0 Å². The fourth-order valence-electron chi connectivity index (χ4n) is 5.76. The Morgan fingerprint density at radius 2 is 1.69 bits per heavy atom. The van der Waals surface area contributed by atoms with Crippen LogP contribution < -0.4 is 10.1 Å². The van der Waals surface area contributed by atoms with Crippen molar-refractivity contribution in [2.24, 2.45) is 0 Å². The van der Waals surface area contributed by atoms with Gasteiger partial charge in [-0.15, -0.1) is 0 Å². The monoisotopic (exact) mass is 545 g/mol. The van der Waals surface area contributed by atoms with E-state index in [2.05, 4.69) is 39.4 Å².